The highest BCUT2D eigenvalue weighted by atomic mass is 35.5. The van der Waals surface area contributed by atoms with Crippen molar-refractivity contribution in [2.75, 3.05) is 14.2 Å². The molecule has 0 aliphatic rings. The number of aromatic nitrogens is 1. The van der Waals surface area contributed by atoms with Gasteiger partial charge in [-0.2, -0.15) is 0 Å². The molecule has 0 bridgehead atoms. The SMILES string of the molecule is COc1ccc2c(c1)c(CNS(=O)(=O)c1ccc(OC)c(Cl)c1)cn2C. The molecule has 138 valence electrons. The Hall–Kier alpha value is -2.22. The van der Waals surface area contributed by atoms with E-state index in [1.165, 1.54) is 25.3 Å². The third-order valence-electron chi connectivity index (χ3n) is 4.17. The second kappa shape index (κ2) is 7.19. The number of methoxy groups -OCH3 is 2. The van der Waals surface area contributed by atoms with E-state index in [0.29, 0.717) is 5.75 Å². The van der Waals surface area contributed by atoms with Gasteiger partial charge in [-0.1, -0.05) is 11.6 Å². The zero-order valence-corrected chi connectivity index (χ0v) is 16.2. The predicted octanol–water partition coefficient (Wildman–Crippen LogP) is 3.33. The zero-order chi connectivity index (χ0) is 18.9. The lowest BCUT2D eigenvalue weighted by Crippen LogP contribution is -2.23. The number of hydrogen-bond acceptors (Lipinski definition) is 4. The first kappa shape index (κ1) is 18.6. The van der Waals surface area contributed by atoms with Crippen LogP contribution in [-0.4, -0.2) is 27.2 Å². The Balaban J connectivity index is 1.88. The summed E-state index contributed by atoms with van der Waals surface area (Å²) in [4.78, 5) is 0.0844. The summed E-state index contributed by atoms with van der Waals surface area (Å²) in [5.41, 5.74) is 1.84. The van der Waals surface area contributed by atoms with Crippen molar-refractivity contribution in [2.45, 2.75) is 11.4 Å². The van der Waals surface area contributed by atoms with Gasteiger partial charge in [-0.3, -0.25) is 0 Å². The van der Waals surface area contributed by atoms with Crippen molar-refractivity contribution >= 4 is 32.5 Å². The Labute approximate surface area is 157 Å². The van der Waals surface area contributed by atoms with E-state index in [9.17, 15) is 8.42 Å². The van der Waals surface area contributed by atoms with Crippen LogP contribution in [0.2, 0.25) is 5.02 Å². The quantitative estimate of drug-likeness (QED) is 0.696. The number of aryl methyl sites for hydroxylation is 1. The molecule has 2 aromatic carbocycles. The number of sulfonamides is 1. The first-order chi connectivity index (χ1) is 12.4. The van der Waals surface area contributed by atoms with Gasteiger partial charge < -0.3 is 14.0 Å². The predicted molar refractivity (Wildman–Crippen MR) is 102 cm³/mol. The minimum Gasteiger partial charge on any atom is -0.497 e. The summed E-state index contributed by atoms with van der Waals surface area (Å²) < 4.78 is 40.0. The van der Waals surface area contributed by atoms with Crippen molar-refractivity contribution in [1.29, 1.82) is 0 Å². The number of nitrogens with one attached hydrogen (secondary N) is 1. The second-order valence-corrected chi connectivity index (χ2v) is 7.94. The van der Waals surface area contributed by atoms with Gasteiger partial charge in [0.2, 0.25) is 10.0 Å². The fourth-order valence-corrected chi connectivity index (χ4v) is 4.15. The lowest BCUT2D eigenvalue weighted by molar-refractivity contribution is 0.414. The highest BCUT2D eigenvalue weighted by molar-refractivity contribution is 7.89. The number of nitrogens with zero attached hydrogens (tertiary/aromatic N) is 1. The molecule has 0 unspecified atom stereocenters. The van der Waals surface area contributed by atoms with Crippen LogP contribution in [0.25, 0.3) is 10.9 Å². The lowest BCUT2D eigenvalue weighted by atomic mass is 10.1. The van der Waals surface area contributed by atoms with Gasteiger partial charge in [0.1, 0.15) is 11.5 Å². The standard InChI is InChI=1S/C18H19ClN2O4S/c1-21-11-12(15-8-13(24-2)4-6-17(15)21)10-20-26(22,23)14-5-7-18(25-3)16(19)9-14/h4-9,11,20H,10H2,1-3H3. The Bertz CT molecular complexity index is 1060. The Kier molecular flexibility index (Phi) is 5.13. The third-order valence-corrected chi connectivity index (χ3v) is 5.86. The summed E-state index contributed by atoms with van der Waals surface area (Å²) in [5, 5.41) is 1.17. The minimum atomic E-state index is -3.71. The van der Waals surface area contributed by atoms with Crippen LogP contribution in [0, 0.1) is 0 Å². The number of hydrogen-bond donors (Lipinski definition) is 1. The molecule has 3 rings (SSSR count). The smallest absolute Gasteiger partial charge is 0.240 e. The van der Waals surface area contributed by atoms with Crippen molar-refractivity contribution < 1.29 is 17.9 Å². The molecule has 0 saturated carbocycles. The maximum Gasteiger partial charge on any atom is 0.240 e. The average molecular weight is 395 g/mol. The lowest BCUT2D eigenvalue weighted by Gasteiger charge is -2.09. The van der Waals surface area contributed by atoms with Crippen molar-refractivity contribution in [3.05, 3.63) is 53.2 Å². The number of rotatable bonds is 6. The fourth-order valence-electron chi connectivity index (χ4n) is 2.79. The molecule has 8 heteroatoms. The largest absolute Gasteiger partial charge is 0.497 e. The normalized spacial score (nSPS) is 11.7. The Morgan fingerprint density at radius 1 is 1.12 bits per heavy atom. The minimum absolute atomic E-state index is 0.0844. The van der Waals surface area contributed by atoms with Crippen molar-refractivity contribution in [3.63, 3.8) is 0 Å². The third kappa shape index (κ3) is 3.51. The topological polar surface area (TPSA) is 69.6 Å². The summed E-state index contributed by atoms with van der Waals surface area (Å²) in [6.45, 7) is 0.149. The average Bonchev–Trinajstić information content (AvgIpc) is 2.95. The van der Waals surface area contributed by atoms with E-state index in [2.05, 4.69) is 4.72 Å². The monoisotopic (exact) mass is 394 g/mol. The van der Waals surface area contributed by atoms with Gasteiger partial charge in [-0.15, -0.1) is 0 Å². The van der Waals surface area contributed by atoms with Crippen LogP contribution < -0.4 is 14.2 Å². The molecular weight excluding hydrogens is 376 g/mol. The van der Waals surface area contributed by atoms with Crippen LogP contribution in [0.5, 0.6) is 11.5 Å². The van der Waals surface area contributed by atoms with Gasteiger partial charge in [-0.25, -0.2) is 13.1 Å². The number of benzene rings is 2. The van der Waals surface area contributed by atoms with Crippen LogP contribution in [-0.2, 0) is 23.6 Å². The Morgan fingerprint density at radius 2 is 1.88 bits per heavy atom. The maximum absolute atomic E-state index is 12.6. The number of halogens is 1. The molecule has 0 spiro atoms. The summed E-state index contributed by atoms with van der Waals surface area (Å²) in [6, 6.07) is 10.1. The van der Waals surface area contributed by atoms with E-state index < -0.39 is 10.0 Å². The summed E-state index contributed by atoms with van der Waals surface area (Å²) in [7, 11) is 1.27. The first-order valence-electron chi connectivity index (χ1n) is 7.81. The van der Waals surface area contributed by atoms with Crippen LogP contribution in [0.15, 0.2) is 47.5 Å². The molecule has 6 nitrogen and oxygen atoms in total. The van der Waals surface area contributed by atoms with Gasteiger partial charge in [0, 0.05) is 30.7 Å². The van der Waals surface area contributed by atoms with Gasteiger partial charge in [-0.05, 0) is 42.0 Å². The molecule has 0 aliphatic heterocycles. The van der Waals surface area contributed by atoms with Gasteiger partial charge in [0.15, 0.2) is 0 Å². The van der Waals surface area contributed by atoms with Crippen molar-refractivity contribution in [3.8, 4) is 11.5 Å². The second-order valence-electron chi connectivity index (χ2n) is 5.77. The molecule has 1 heterocycles. The van der Waals surface area contributed by atoms with Crippen LogP contribution >= 0.6 is 11.6 Å². The molecule has 0 radical (unpaired) electrons. The Morgan fingerprint density at radius 3 is 2.54 bits per heavy atom. The summed E-state index contributed by atoms with van der Waals surface area (Å²) >= 11 is 6.03. The molecule has 1 aromatic heterocycles. The summed E-state index contributed by atoms with van der Waals surface area (Å²) in [6.07, 6.45) is 1.90. The maximum atomic E-state index is 12.6. The number of ether oxygens (including phenoxy) is 2. The highest BCUT2D eigenvalue weighted by Crippen LogP contribution is 2.28. The zero-order valence-electron chi connectivity index (χ0n) is 14.6. The molecule has 0 atom stereocenters. The van der Waals surface area contributed by atoms with E-state index >= 15 is 0 Å². The molecule has 0 saturated heterocycles. The fraction of sp³-hybridized carbons (Fsp3) is 0.222. The molecule has 0 fully saturated rings. The van der Waals surface area contributed by atoms with E-state index in [1.807, 2.05) is 36.0 Å². The van der Waals surface area contributed by atoms with Crippen molar-refractivity contribution in [1.82, 2.24) is 9.29 Å². The molecule has 26 heavy (non-hydrogen) atoms. The van der Waals surface area contributed by atoms with Crippen LogP contribution in [0.3, 0.4) is 0 Å². The summed E-state index contributed by atoms with van der Waals surface area (Å²) in [5.74, 6) is 1.14. The molecule has 0 aliphatic carbocycles. The van der Waals surface area contributed by atoms with Gasteiger partial charge in [0.05, 0.1) is 24.1 Å². The van der Waals surface area contributed by atoms with Gasteiger partial charge >= 0.3 is 0 Å². The van der Waals surface area contributed by atoms with E-state index in [0.717, 1.165) is 22.2 Å². The molecule has 3 aromatic rings. The van der Waals surface area contributed by atoms with E-state index in [-0.39, 0.29) is 16.5 Å². The van der Waals surface area contributed by atoms with E-state index in [1.54, 1.807) is 7.11 Å². The van der Waals surface area contributed by atoms with Crippen LogP contribution in [0.4, 0.5) is 0 Å². The highest BCUT2D eigenvalue weighted by Gasteiger charge is 2.17. The van der Waals surface area contributed by atoms with Gasteiger partial charge in [0.25, 0.3) is 0 Å². The van der Waals surface area contributed by atoms with Crippen molar-refractivity contribution in [2.24, 2.45) is 7.05 Å². The molecule has 1 N–H and O–H groups in total. The first-order valence-corrected chi connectivity index (χ1v) is 9.67. The molecular formula is C18H19ClN2O4S. The van der Waals surface area contributed by atoms with Crippen LogP contribution in [0.1, 0.15) is 5.56 Å². The van der Waals surface area contributed by atoms with E-state index in [4.69, 9.17) is 21.1 Å². The number of fused-ring (bicyclic) bond motifs is 1. The molecule has 0 amide bonds.